The van der Waals surface area contributed by atoms with E-state index in [2.05, 4.69) is 10.2 Å². The molecule has 26 heavy (non-hydrogen) atoms. The number of hydrogen-bond acceptors (Lipinski definition) is 3. The summed E-state index contributed by atoms with van der Waals surface area (Å²) in [6.45, 7) is 0.0419. The second-order valence-corrected chi connectivity index (χ2v) is 5.99. The van der Waals surface area contributed by atoms with Crippen LogP contribution >= 0.6 is 0 Å². The Bertz CT molecular complexity index is 817. The predicted molar refractivity (Wildman–Crippen MR) is 79.7 cm³/mol. The molecule has 10 heteroatoms. The molecule has 0 unspecified atom stereocenters. The molecule has 0 N–H and O–H groups in total. The number of alkyl halides is 3. The van der Waals surface area contributed by atoms with Crippen molar-refractivity contribution >= 4 is 5.91 Å². The first-order valence-electron chi connectivity index (χ1n) is 7.96. The van der Waals surface area contributed by atoms with Crippen molar-refractivity contribution < 1.29 is 26.7 Å². The third-order valence-corrected chi connectivity index (χ3v) is 4.21. The van der Waals surface area contributed by atoms with Crippen molar-refractivity contribution in [1.82, 2.24) is 19.7 Å². The van der Waals surface area contributed by atoms with Gasteiger partial charge in [-0.3, -0.25) is 4.79 Å². The van der Waals surface area contributed by atoms with Crippen LogP contribution in [-0.2, 0) is 30.5 Å². The van der Waals surface area contributed by atoms with Gasteiger partial charge < -0.3 is 9.47 Å². The summed E-state index contributed by atoms with van der Waals surface area (Å²) in [5.74, 6) is -2.57. The number of benzene rings is 1. The Morgan fingerprint density at radius 2 is 1.92 bits per heavy atom. The first kappa shape index (κ1) is 18.3. The molecule has 1 aromatic carbocycles. The van der Waals surface area contributed by atoms with E-state index in [-0.39, 0.29) is 44.2 Å². The van der Waals surface area contributed by atoms with Gasteiger partial charge in [-0.25, -0.2) is 8.78 Å². The highest BCUT2D eigenvalue weighted by molar-refractivity contribution is 5.76. The molecule has 1 amide bonds. The number of carbonyl (C=O) groups is 1. The van der Waals surface area contributed by atoms with Gasteiger partial charge in [0, 0.05) is 25.6 Å². The number of aromatic nitrogens is 3. The molecule has 5 nitrogen and oxygen atoms in total. The first-order chi connectivity index (χ1) is 12.3. The normalized spacial score (nSPS) is 14.4. The van der Waals surface area contributed by atoms with Crippen molar-refractivity contribution in [1.29, 1.82) is 0 Å². The molecule has 0 bridgehead atoms. The smallest absolute Gasteiger partial charge is 0.333 e. The van der Waals surface area contributed by atoms with Gasteiger partial charge in [-0.1, -0.05) is 6.07 Å². The summed E-state index contributed by atoms with van der Waals surface area (Å²) in [4.78, 5) is 13.6. The van der Waals surface area contributed by atoms with E-state index in [9.17, 15) is 26.7 Å². The average Bonchev–Trinajstić information content (AvgIpc) is 3.00. The Labute approximate surface area is 145 Å². The number of halogens is 5. The van der Waals surface area contributed by atoms with E-state index in [1.54, 1.807) is 0 Å². The van der Waals surface area contributed by atoms with Gasteiger partial charge in [0.05, 0.1) is 6.54 Å². The standard InChI is InChI=1S/C16H15F5N4O/c17-11-5-4-10(12(18)8-11)2-1-3-14(26)24-6-7-25-13(9-24)22-23-15(25)16(19,20)21/h4-5,8H,1-3,6-7,9H2. The summed E-state index contributed by atoms with van der Waals surface area (Å²) < 4.78 is 65.7. The van der Waals surface area contributed by atoms with Gasteiger partial charge in [-0.15, -0.1) is 10.2 Å². The van der Waals surface area contributed by atoms with Crippen LogP contribution in [0.25, 0.3) is 0 Å². The summed E-state index contributed by atoms with van der Waals surface area (Å²) in [5.41, 5.74) is 0.312. The maximum Gasteiger partial charge on any atom is 0.451 e. The summed E-state index contributed by atoms with van der Waals surface area (Å²) in [7, 11) is 0. The monoisotopic (exact) mass is 374 g/mol. The Hall–Kier alpha value is -2.52. The van der Waals surface area contributed by atoms with Crippen molar-refractivity contribution in [3.05, 3.63) is 47.0 Å². The van der Waals surface area contributed by atoms with Gasteiger partial charge in [0.15, 0.2) is 5.82 Å². The van der Waals surface area contributed by atoms with E-state index in [0.29, 0.717) is 12.0 Å². The number of nitrogens with zero attached hydrogens (tertiary/aromatic N) is 4. The molecule has 0 fully saturated rings. The maximum atomic E-state index is 13.5. The zero-order valence-electron chi connectivity index (χ0n) is 13.6. The molecule has 3 rings (SSSR count). The van der Waals surface area contributed by atoms with Crippen LogP contribution in [0.4, 0.5) is 22.0 Å². The average molecular weight is 374 g/mol. The molecule has 0 aliphatic carbocycles. The van der Waals surface area contributed by atoms with E-state index in [0.717, 1.165) is 16.7 Å². The maximum absolute atomic E-state index is 13.5. The van der Waals surface area contributed by atoms with Crippen molar-refractivity contribution in [3.63, 3.8) is 0 Å². The molecule has 0 radical (unpaired) electrons. The van der Waals surface area contributed by atoms with Gasteiger partial charge >= 0.3 is 6.18 Å². The minimum absolute atomic E-state index is 0.0322. The largest absolute Gasteiger partial charge is 0.451 e. The van der Waals surface area contributed by atoms with Gasteiger partial charge in [0.25, 0.3) is 0 Å². The zero-order chi connectivity index (χ0) is 18.9. The van der Waals surface area contributed by atoms with Crippen LogP contribution in [0.3, 0.4) is 0 Å². The third-order valence-electron chi connectivity index (χ3n) is 4.21. The molecule has 0 saturated carbocycles. The summed E-state index contributed by atoms with van der Waals surface area (Å²) in [6, 6.07) is 3.26. The number of rotatable bonds is 4. The number of fused-ring (bicyclic) bond motifs is 1. The van der Waals surface area contributed by atoms with Crippen LogP contribution in [0.1, 0.15) is 30.1 Å². The molecule has 0 saturated heterocycles. The van der Waals surface area contributed by atoms with Crippen molar-refractivity contribution in [2.45, 2.75) is 38.5 Å². The van der Waals surface area contributed by atoms with Gasteiger partial charge in [0.1, 0.15) is 11.6 Å². The van der Waals surface area contributed by atoms with Gasteiger partial charge in [-0.05, 0) is 24.5 Å². The van der Waals surface area contributed by atoms with Crippen LogP contribution in [0.5, 0.6) is 0 Å². The summed E-state index contributed by atoms with van der Waals surface area (Å²) >= 11 is 0. The van der Waals surface area contributed by atoms with Crippen LogP contribution in [0.2, 0.25) is 0 Å². The number of aryl methyl sites for hydroxylation is 1. The predicted octanol–water partition coefficient (Wildman–Crippen LogP) is 2.94. The van der Waals surface area contributed by atoms with Crippen molar-refractivity contribution in [3.8, 4) is 0 Å². The zero-order valence-corrected chi connectivity index (χ0v) is 13.6. The summed E-state index contributed by atoms with van der Waals surface area (Å²) in [5, 5.41) is 6.68. The molecule has 1 aliphatic heterocycles. The Balaban J connectivity index is 1.56. The molecule has 2 aromatic rings. The lowest BCUT2D eigenvalue weighted by Gasteiger charge is -2.28. The summed E-state index contributed by atoms with van der Waals surface area (Å²) in [6.07, 6.45) is -3.87. The lowest BCUT2D eigenvalue weighted by Crippen LogP contribution is -2.39. The number of amides is 1. The molecule has 2 heterocycles. The fourth-order valence-corrected chi connectivity index (χ4v) is 2.89. The quantitative estimate of drug-likeness (QED) is 0.774. The lowest BCUT2D eigenvalue weighted by atomic mass is 10.1. The third kappa shape index (κ3) is 3.83. The molecular weight excluding hydrogens is 359 g/mol. The molecule has 0 atom stereocenters. The highest BCUT2D eigenvalue weighted by Crippen LogP contribution is 2.29. The Morgan fingerprint density at radius 1 is 1.15 bits per heavy atom. The first-order valence-corrected chi connectivity index (χ1v) is 7.96. The van der Waals surface area contributed by atoms with Crippen LogP contribution in [0.15, 0.2) is 18.2 Å². The Morgan fingerprint density at radius 3 is 2.62 bits per heavy atom. The fourth-order valence-electron chi connectivity index (χ4n) is 2.89. The second kappa shape index (κ2) is 7.00. The van der Waals surface area contributed by atoms with Crippen LogP contribution < -0.4 is 0 Å². The molecule has 140 valence electrons. The Kier molecular flexibility index (Phi) is 4.92. The molecule has 1 aliphatic rings. The van der Waals surface area contributed by atoms with E-state index >= 15 is 0 Å². The van der Waals surface area contributed by atoms with E-state index < -0.39 is 23.6 Å². The molecule has 1 aromatic heterocycles. The van der Waals surface area contributed by atoms with E-state index in [4.69, 9.17) is 0 Å². The minimum Gasteiger partial charge on any atom is -0.333 e. The highest BCUT2D eigenvalue weighted by Gasteiger charge is 2.39. The van der Waals surface area contributed by atoms with Crippen LogP contribution in [0, 0.1) is 11.6 Å². The topological polar surface area (TPSA) is 51.0 Å². The SMILES string of the molecule is O=C(CCCc1ccc(F)cc1F)N1CCn2c(nnc2C(F)(F)F)C1. The van der Waals surface area contributed by atoms with Gasteiger partial charge in [0.2, 0.25) is 11.7 Å². The second-order valence-electron chi connectivity index (χ2n) is 5.99. The minimum atomic E-state index is -4.59. The number of hydrogen-bond donors (Lipinski definition) is 0. The van der Waals surface area contributed by atoms with E-state index in [1.807, 2.05) is 0 Å². The van der Waals surface area contributed by atoms with Crippen molar-refractivity contribution in [2.75, 3.05) is 6.54 Å². The molecular formula is C16H15F5N4O. The fraction of sp³-hybridized carbons (Fsp3) is 0.438. The molecule has 0 spiro atoms. The highest BCUT2D eigenvalue weighted by atomic mass is 19.4. The lowest BCUT2D eigenvalue weighted by molar-refractivity contribution is -0.148. The van der Waals surface area contributed by atoms with E-state index in [1.165, 1.54) is 11.0 Å². The van der Waals surface area contributed by atoms with Gasteiger partial charge in [-0.2, -0.15) is 13.2 Å². The van der Waals surface area contributed by atoms with Crippen LogP contribution in [-0.4, -0.2) is 32.1 Å². The number of carbonyl (C=O) groups excluding carboxylic acids is 1. The van der Waals surface area contributed by atoms with Crippen molar-refractivity contribution in [2.24, 2.45) is 0 Å².